The van der Waals surface area contributed by atoms with Gasteiger partial charge in [-0.05, 0) is 44.4 Å². The van der Waals surface area contributed by atoms with Gasteiger partial charge in [0.05, 0.1) is 0 Å². The largest absolute Gasteiger partial charge is 0.371 e. The maximum absolute atomic E-state index is 8.96. The molecule has 0 aliphatic carbocycles. The molecule has 2 fully saturated rings. The summed E-state index contributed by atoms with van der Waals surface area (Å²) in [5.41, 5.74) is 2.10. The molecule has 19 heavy (non-hydrogen) atoms. The minimum atomic E-state index is 0.437. The van der Waals surface area contributed by atoms with Crippen molar-refractivity contribution in [1.82, 2.24) is 10.3 Å². The van der Waals surface area contributed by atoms with E-state index in [-0.39, 0.29) is 0 Å². The molecule has 0 saturated carbocycles. The smallest absolute Gasteiger partial charge is 0.142 e. The summed E-state index contributed by atoms with van der Waals surface area (Å²) in [5, 5.41) is 12.5. The zero-order valence-corrected chi connectivity index (χ0v) is 11.2. The van der Waals surface area contributed by atoms with E-state index in [0.717, 1.165) is 31.9 Å². The highest BCUT2D eigenvalue weighted by molar-refractivity contribution is 5.49. The zero-order valence-electron chi connectivity index (χ0n) is 11.2. The standard InChI is InChI=1S/C15H20N4/c16-10-13-9-14(3-7-18-13)19-8-2-5-15(12-19)4-1-6-17-11-15/h3,7,9,17H,1-2,4-6,8,11-12H2. The average Bonchev–Trinajstić information content (AvgIpc) is 2.48. The van der Waals surface area contributed by atoms with Gasteiger partial charge in [-0.2, -0.15) is 5.26 Å². The molecule has 2 aliphatic rings. The fraction of sp³-hybridized carbons (Fsp3) is 0.600. The first-order valence-electron chi connectivity index (χ1n) is 7.13. The molecule has 2 aliphatic heterocycles. The van der Waals surface area contributed by atoms with E-state index < -0.39 is 0 Å². The van der Waals surface area contributed by atoms with E-state index in [1.165, 1.54) is 25.7 Å². The molecule has 2 saturated heterocycles. The SMILES string of the molecule is N#Cc1cc(N2CCCC3(CCCNC3)C2)ccn1. The van der Waals surface area contributed by atoms with E-state index in [1.54, 1.807) is 6.20 Å². The predicted octanol–water partition coefficient (Wildman–Crippen LogP) is 1.92. The van der Waals surface area contributed by atoms with Crippen LogP contribution in [0.15, 0.2) is 18.3 Å². The summed E-state index contributed by atoms with van der Waals surface area (Å²) in [6, 6.07) is 6.06. The maximum Gasteiger partial charge on any atom is 0.142 e. The summed E-state index contributed by atoms with van der Waals surface area (Å²) in [6.45, 7) is 4.50. The van der Waals surface area contributed by atoms with Crippen molar-refractivity contribution in [3.8, 4) is 6.07 Å². The number of anilines is 1. The Bertz CT molecular complexity index is 480. The predicted molar refractivity (Wildman–Crippen MR) is 74.9 cm³/mol. The molecule has 0 amide bonds. The summed E-state index contributed by atoms with van der Waals surface area (Å²) in [5.74, 6) is 0. The Kier molecular flexibility index (Phi) is 3.39. The molecular formula is C15H20N4. The number of piperidine rings is 2. The average molecular weight is 256 g/mol. The molecule has 1 spiro atoms. The molecule has 3 rings (SSSR count). The van der Waals surface area contributed by atoms with Crippen LogP contribution in [0, 0.1) is 16.7 Å². The lowest BCUT2D eigenvalue weighted by Crippen LogP contribution is -2.51. The number of rotatable bonds is 1. The Labute approximate surface area is 114 Å². The maximum atomic E-state index is 8.96. The number of hydrogen-bond donors (Lipinski definition) is 1. The monoisotopic (exact) mass is 256 g/mol. The lowest BCUT2D eigenvalue weighted by molar-refractivity contribution is 0.173. The van der Waals surface area contributed by atoms with Crippen LogP contribution in [-0.2, 0) is 0 Å². The first-order chi connectivity index (χ1) is 9.31. The van der Waals surface area contributed by atoms with Crippen molar-refractivity contribution in [2.24, 2.45) is 5.41 Å². The Balaban J connectivity index is 1.79. The van der Waals surface area contributed by atoms with Crippen LogP contribution < -0.4 is 10.2 Å². The van der Waals surface area contributed by atoms with Crippen LogP contribution in [0.1, 0.15) is 31.4 Å². The van der Waals surface area contributed by atoms with Gasteiger partial charge in [0.25, 0.3) is 0 Å². The first-order valence-corrected chi connectivity index (χ1v) is 7.13. The topological polar surface area (TPSA) is 52.0 Å². The van der Waals surface area contributed by atoms with Crippen LogP contribution in [0.5, 0.6) is 0 Å². The van der Waals surface area contributed by atoms with E-state index in [0.29, 0.717) is 11.1 Å². The number of hydrogen-bond acceptors (Lipinski definition) is 4. The Morgan fingerprint density at radius 1 is 1.37 bits per heavy atom. The van der Waals surface area contributed by atoms with Gasteiger partial charge in [0, 0.05) is 36.9 Å². The number of nitrogens with zero attached hydrogens (tertiary/aromatic N) is 3. The normalized spacial score (nSPS) is 27.2. The third-order valence-corrected chi connectivity index (χ3v) is 4.45. The van der Waals surface area contributed by atoms with Crippen molar-refractivity contribution in [2.75, 3.05) is 31.1 Å². The van der Waals surface area contributed by atoms with Gasteiger partial charge in [0.15, 0.2) is 0 Å². The number of pyridine rings is 1. The Morgan fingerprint density at radius 3 is 3.05 bits per heavy atom. The summed E-state index contributed by atoms with van der Waals surface area (Å²) in [6.07, 6.45) is 6.92. The van der Waals surface area contributed by atoms with Crippen LogP contribution in [0.2, 0.25) is 0 Å². The first kappa shape index (κ1) is 12.4. The van der Waals surface area contributed by atoms with Crippen molar-refractivity contribution in [1.29, 1.82) is 5.26 Å². The van der Waals surface area contributed by atoms with Crippen LogP contribution in [0.4, 0.5) is 5.69 Å². The van der Waals surface area contributed by atoms with Gasteiger partial charge in [0.1, 0.15) is 11.8 Å². The van der Waals surface area contributed by atoms with Gasteiger partial charge < -0.3 is 10.2 Å². The lowest BCUT2D eigenvalue weighted by Gasteiger charge is -2.46. The Morgan fingerprint density at radius 2 is 2.26 bits per heavy atom. The van der Waals surface area contributed by atoms with Gasteiger partial charge in [-0.15, -0.1) is 0 Å². The highest BCUT2D eigenvalue weighted by Crippen LogP contribution is 2.37. The summed E-state index contributed by atoms with van der Waals surface area (Å²) in [4.78, 5) is 6.49. The number of nitrogens with one attached hydrogen (secondary N) is 1. The third-order valence-electron chi connectivity index (χ3n) is 4.45. The van der Waals surface area contributed by atoms with E-state index in [2.05, 4.69) is 21.3 Å². The van der Waals surface area contributed by atoms with Gasteiger partial charge in [0.2, 0.25) is 0 Å². The fourth-order valence-corrected chi connectivity index (χ4v) is 3.48. The molecule has 0 radical (unpaired) electrons. The highest BCUT2D eigenvalue weighted by Gasteiger charge is 2.36. The lowest BCUT2D eigenvalue weighted by atomic mass is 9.74. The molecule has 4 heteroatoms. The van der Waals surface area contributed by atoms with Crippen LogP contribution in [0.25, 0.3) is 0 Å². The molecule has 100 valence electrons. The molecule has 4 nitrogen and oxygen atoms in total. The minimum Gasteiger partial charge on any atom is -0.371 e. The van der Waals surface area contributed by atoms with Crippen LogP contribution >= 0.6 is 0 Å². The molecule has 1 aromatic heterocycles. The molecule has 1 N–H and O–H groups in total. The van der Waals surface area contributed by atoms with Gasteiger partial charge in [-0.1, -0.05) is 0 Å². The van der Waals surface area contributed by atoms with Crippen LogP contribution in [0.3, 0.4) is 0 Å². The highest BCUT2D eigenvalue weighted by atomic mass is 15.2. The second-order valence-corrected chi connectivity index (χ2v) is 5.82. The minimum absolute atomic E-state index is 0.437. The van der Waals surface area contributed by atoms with Crippen molar-refractivity contribution >= 4 is 5.69 Å². The van der Waals surface area contributed by atoms with E-state index >= 15 is 0 Å². The second kappa shape index (κ2) is 5.18. The summed E-state index contributed by atoms with van der Waals surface area (Å²) >= 11 is 0. The molecule has 1 atom stereocenters. The molecule has 1 aromatic rings. The van der Waals surface area contributed by atoms with Crippen molar-refractivity contribution in [3.63, 3.8) is 0 Å². The van der Waals surface area contributed by atoms with Crippen molar-refractivity contribution in [2.45, 2.75) is 25.7 Å². The van der Waals surface area contributed by atoms with E-state index in [9.17, 15) is 0 Å². The molecular weight excluding hydrogens is 236 g/mol. The molecule has 1 unspecified atom stereocenters. The van der Waals surface area contributed by atoms with E-state index in [4.69, 9.17) is 5.26 Å². The van der Waals surface area contributed by atoms with Crippen LogP contribution in [-0.4, -0.2) is 31.2 Å². The van der Waals surface area contributed by atoms with Gasteiger partial charge in [-0.25, -0.2) is 4.98 Å². The number of aromatic nitrogens is 1. The second-order valence-electron chi connectivity index (χ2n) is 5.82. The summed E-state index contributed by atoms with van der Waals surface area (Å²) in [7, 11) is 0. The van der Waals surface area contributed by atoms with Crippen molar-refractivity contribution in [3.05, 3.63) is 24.0 Å². The molecule has 0 aromatic carbocycles. The fourth-order valence-electron chi connectivity index (χ4n) is 3.48. The zero-order chi connectivity index (χ0) is 13.1. The quantitative estimate of drug-likeness (QED) is 0.834. The molecule has 0 bridgehead atoms. The van der Waals surface area contributed by atoms with E-state index in [1.807, 2.05) is 12.1 Å². The Hall–Kier alpha value is -1.60. The number of nitriles is 1. The van der Waals surface area contributed by atoms with Gasteiger partial charge >= 0.3 is 0 Å². The molecule has 3 heterocycles. The third kappa shape index (κ3) is 2.57. The van der Waals surface area contributed by atoms with Gasteiger partial charge in [-0.3, -0.25) is 0 Å². The van der Waals surface area contributed by atoms with Crippen molar-refractivity contribution < 1.29 is 0 Å². The summed E-state index contributed by atoms with van der Waals surface area (Å²) < 4.78 is 0.